The topological polar surface area (TPSA) is 84.0 Å². The molecule has 0 N–H and O–H groups in total. The second-order valence-electron chi connectivity index (χ2n) is 7.65. The van der Waals surface area contributed by atoms with E-state index in [1.165, 1.54) is 28.6 Å². The maximum absolute atomic E-state index is 12.6. The summed E-state index contributed by atoms with van der Waals surface area (Å²) in [4.78, 5) is 26.3. The lowest BCUT2D eigenvalue weighted by molar-refractivity contribution is -0.136. The van der Waals surface area contributed by atoms with Crippen molar-refractivity contribution in [1.29, 1.82) is 0 Å². The van der Waals surface area contributed by atoms with Crippen LogP contribution in [-0.2, 0) is 19.6 Å². The van der Waals surface area contributed by atoms with Crippen LogP contribution in [0.1, 0.15) is 49.4 Å². The predicted octanol–water partition coefficient (Wildman–Crippen LogP) is 2.28. The van der Waals surface area contributed by atoms with Gasteiger partial charge in [-0.3, -0.25) is 4.79 Å². The Morgan fingerprint density at radius 3 is 2.36 bits per heavy atom. The first kappa shape index (κ1) is 20.8. The summed E-state index contributed by atoms with van der Waals surface area (Å²) < 4.78 is 31.9. The summed E-state index contributed by atoms with van der Waals surface area (Å²) in [6.07, 6.45) is 4.86. The van der Waals surface area contributed by atoms with Crippen LogP contribution in [0, 0.1) is 5.92 Å². The molecule has 0 saturated carbocycles. The summed E-state index contributed by atoms with van der Waals surface area (Å²) in [5, 5.41) is 0. The zero-order valence-electron chi connectivity index (χ0n) is 16.3. The SMILES string of the molecule is CC1CCCN(C(=O)COC(=O)c2ccc(S(=O)(=O)N3CCCCC3)cc2)C1. The zero-order chi connectivity index (χ0) is 20.1. The van der Waals surface area contributed by atoms with E-state index in [0.29, 0.717) is 32.1 Å². The first-order valence-electron chi connectivity index (χ1n) is 9.93. The van der Waals surface area contributed by atoms with Gasteiger partial charge < -0.3 is 9.64 Å². The highest BCUT2D eigenvalue weighted by molar-refractivity contribution is 7.89. The molecule has 1 aromatic carbocycles. The van der Waals surface area contributed by atoms with Crippen LogP contribution < -0.4 is 0 Å². The van der Waals surface area contributed by atoms with Crippen molar-refractivity contribution in [2.45, 2.75) is 43.9 Å². The van der Waals surface area contributed by atoms with Crippen LogP contribution in [0.4, 0.5) is 0 Å². The Balaban J connectivity index is 1.57. The van der Waals surface area contributed by atoms with E-state index in [2.05, 4.69) is 6.92 Å². The van der Waals surface area contributed by atoms with Gasteiger partial charge in [-0.1, -0.05) is 13.3 Å². The molecule has 28 heavy (non-hydrogen) atoms. The highest BCUT2D eigenvalue weighted by Gasteiger charge is 2.26. The Morgan fingerprint density at radius 2 is 1.71 bits per heavy atom. The lowest BCUT2D eigenvalue weighted by Gasteiger charge is -2.30. The third-order valence-corrected chi connectivity index (χ3v) is 7.29. The Bertz CT molecular complexity index is 800. The van der Waals surface area contributed by atoms with Crippen LogP contribution in [0.3, 0.4) is 0 Å². The maximum Gasteiger partial charge on any atom is 0.338 e. The third-order valence-electron chi connectivity index (χ3n) is 5.38. The van der Waals surface area contributed by atoms with E-state index < -0.39 is 16.0 Å². The quantitative estimate of drug-likeness (QED) is 0.698. The fourth-order valence-electron chi connectivity index (χ4n) is 3.74. The summed E-state index contributed by atoms with van der Waals surface area (Å²) in [5.74, 6) is -0.354. The average molecular weight is 409 g/mol. The number of amides is 1. The summed E-state index contributed by atoms with van der Waals surface area (Å²) in [5.41, 5.74) is 0.234. The fraction of sp³-hybridized carbons (Fsp3) is 0.600. The highest BCUT2D eigenvalue weighted by atomic mass is 32.2. The van der Waals surface area contributed by atoms with Gasteiger partial charge in [0.05, 0.1) is 10.5 Å². The summed E-state index contributed by atoms with van der Waals surface area (Å²) in [7, 11) is -3.53. The van der Waals surface area contributed by atoms with Crippen LogP contribution in [-0.4, -0.2) is 62.3 Å². The Morgan fingerprint density at radius 1 is 1.04 bits per heavy atom. The Kier molecular flexibility index (Phi) is 6.72. The van der Waals surface area contributed by atoms with E-state index in [1.54, 1.807) is 4.90 Å². The molecule has 2 fully saturated rings. The van der Waals surface area contributed by atoms with Gasteiger partial charge in [-0.15, -0.1) is 0 Å². The number of carbonyl (C=O) groups excluding carboxylic acids is 2. The van der Waals surface area contributed by atoms with E-state index >= 15 is 0 Å². The molecule has 7 nitrogen and oxygen atoms in total. The molecule has 0 aromatic heterocycles. The van der Waals surface area contributed by atoms with Crippen molar-refractivity contribution in [3.8, 4) is 0 Å². The van der Waals surface area contributed by atoms with E-state index in [9.17, 15) is 18.0 Å². The Hall–Kier alpha value is -1.93. The fourth-order valence-corrected chi connectivity index (χ4v) is 5.25. The molecule has 8 heteroatoms. The summed E-state index contributed by atoms with van der Waals surface area (Å²) in [6, 6.07) is 5.72. The first-order valence-corrected chi connectivity index (χ1v) is 11.4. The minimum absolute atomic E-state index is 0.171. The van der Waals surface area contributed by atoms with Crippen molar-refractivity contribution in [1.82, 2.24) is 9.21 Å². The molecule has 2 aliphatic heterocycles. The molecule has 2 heterocycles. The van der Waals surface area contributed by atoms with Gasteiger partial charge in [-0.2, -0.15) is 4.31 Å². The molecule has 0 aliphatic carbocycles. The van der Waals surface area contributed by atoms with Gasteiger partial charge in [0.15, 0.2) is 6.61 Å². The molecular formula is C20H28N2O5S. The smallest absolute Gasteiger partial charge is 0.338 e. The molecule has 1 aromatic rings. The monoisotopic (exact) mass is 408 g/mol. The van der Waals surface area contributed by atoms with Gasteiger partial charge >= 0.3 is 5.97 Å². The molecular weight excluding hydrogens is 380 g/mol. The summed E-state index contributed by atoms with van der Waals surface area (Å²) >= 11 is 0. The first-order chi connectivity index (χ1) is 13.4. The number of sulfonamides is 1. The number of esters is 1. The molecule has 1 unspecified atom stereocenters. The zero-order valence-corrected chi connectivity index (χ0v) is 17.1. The van der Waals surface area contributed by atoms with Gasteiger partial charge in [-0.25, -0.2) is 13.2 Å². The van der Waals surface area contributed by atoms with Gasteiger partial charge in [0.1, 0.15) is 0 Å². The van der Waals surface area contributed by atoms with E-state index in [4.69, 9.17) is 4.74 Å². The molecule has 3 rings (SSSR count). The number of benzene rings is 1. The molecule has 0 bridgehead atoms. The largest absolute Gasteiger partial charge is 0.452 e. The van der Waals surface area contributed by atoms with Gasteiger partial charge in [0.2, 0.25) is 10.0 Å². The number of hydrogen-bond donors (Lipinski definition) is 0. The van der Waals surface area contributed by atoms with Gasteiger partial charge in [0.25, 0.3) is 5.91 Å². The number of ether oxygens (including phenoxy) is 1. The minimum Gasteiger partial charge on any atom is -0.452 e. The highest BCUT2D eigenvalue weighted by Crippen LogP contribution is 2.21. The Labute approximate surface area is 166 Å². The van der Waals surface area contributed by atoms with Crippen LogP contribution in [0.25, 0.3) is 0 Å². The van der Waals surface area contributed by atoms with Crippen molar-refractivity contribution in [3.05, 3.63) is 29.8 Å². The normalized spacial score (nSPS) is 21.3. The second-order valence-corrected chi connectivity index (χ2v) is 9.59. The van der Waals surface area contributed by atoms with Crippen molar-refractivity contribution in [2.24, 2.45) is 5.92 Å². The number of nitrogens with zero attached hydrogens (tertiary/aromatic N) is 2. The number of rotatable bonds is 5. The minimum atomic E-state index is -3.53. The number of hydrogen-bond acceptors (Lipinski definition) is 5. The van der Waals surface area contributed by atoms with Crippen molar-refractivity contribution in [3.63, 3.8) is 0 Å². The maximum atomic E-state index is 12.6. The van der Waals surface area contributed by atoms with Crippen molar-refractivity contribution < 1.29 is 22.7 Å². The second kappa shape index (κ2) is 9.05. The van der Waals surface area contributed by atoms with Crippen LogP contribution in [0.5, 0.6) is 0 Å². The van der Waals surface area contributed by atoms with Crippen LogP contribution in [0.15, 0.2) is 29.2 Å². The molecule has 0 spiro atoms. The van der Waals surface area contributed by atoms with Crippen molar-refractivity contribution in [2.75, 3.05) is 32.8 Å². The van der Waals surface area contributed by atoms with Crippen LogP contribution in [0.2, 0.25) is 0 Å². The van der Waals surface area contributed by atoms with E-state index in [1.807, 2.05) is 0 Å². The lowest BCUT2D eigenvalue weighted by atomic mass is 10.0. The summed E-state index contributed by atoms with van der Waals surface area (Å²) in [6.45, 7) is 4.26. The molecule has 1 amide bonds. The molecule has 1 atom stereocenters. The van der Waals surface area contributed by atoms with E-state index in [0.717, 1.165) is 32.1 Å². The predicted molar refractivity (Wildman–Crippen MR) is 104 cm³/mol. The molecule has 154 valence electrons. The number of carbonyl (C=O) groups is 2. The van der Waals surface area contributed by atoms with E-state index in [-0.39, 0.29) is 23.0 Å². The van der Waals surface area contributed by atoms with Crippen molar-refractivity contribution >= 4 is 21.9 Å². The average Bonchev–Trinajstić information content (AvgIpc) is 2.72. The molecule has 2 aliphatic rings. The molecule has 0 radical (unpaired) electrons. The van der Waals surface area contributed by atoms with Gasteiger partial charge in [-0.05, 0) is 55.9 Å². The lowest BCUT2D eigenvalue weighted by Crippen LogP contribution is -2.41. The molecule has 2 saturated heterocycles. The number of piperidine rings is 2. The van der Waals surface area contributed by atoms with Gasteiger partial charge in [0, 0.05) is 26.2 Å². The number of likely N-dealkylation sites (tertiary alicyclic amines) is 1. The standard InChI is InChI=1S/C20H28N2O5S/c1-16-6-5-11-21(14-16)19(23)15-27-20(24)17-7-9-18(10-8-17)28(25,26)22-12-3-2-4-13-22/h7-10,16H,2-6,11-15H2,1H3. The van der Waals surface area contributed by atoms with Crippen LogP contribution >= 0.6 is 0 Å². The third kappa shape index (κ3) is 4.91.